The van der Waals surface area contributed by atoms with Crippen LogP contribution < -0.4 is 5.32 Å². The number of nitrogens with one attached hydrogen (secondary N) is 1. The van der Waals surface area contributed by atoms with Gasteiger partial charge < -0.3 is 15.1 Å². The second-order valence-electron chi connectivity index (χ2n) is 8.52. The van der Waals surface area contributed by atoms with Gasteiger partial charge in [-0.2, -0.15) is 0 Å². The Bertz CT molecular complexity index is 923. The van der Waals surface area contributed by atoms with Crippen LogP contribution in [0.2, 0.25) is 10.0 Å². The van der Waals surface area contributed by atoms with Crippen molar-refractivity contribution in [3.05, 3.63) is 63.6 Å². The van der Waals surface area contributed by atoms with E-state index in [1.54, 1.807) is 28.0 Å². The van der Waals surface area contributed by atoms with Crippen molar-refractivity contribution in [2.45, 2.75) is 32.6 Å². The maximum Gasteiger partial charge on any atom is 0.321 e. The topological polar surface area (TPSA) is 52.7 Å². The third-order valence-corrected chi connectivity index (χ3v) is 5.98. The van der Waals surface area contributed by atoms with Crippen LogP contribution in [0.15, 0.2) is 42.5 Å². The normalized spacial score (nSPS) is 15.0. The van der Waals surface area contributed by atoms with E-state index in [0.29, 0.717) is 48.2 Å². The highest BCUT2D eigenvalue weighted by atomic mass is 35.5. The molecule has 0 unspecified atom stereocenters. The van der Waals surface area contributed by atoms with Gasteiger partial charge in [0.2, 0.25) is 0 Å². The Morgan fingerprint density at radius 1 is 0.867 bits per heavy atom. The Kier molecular flexibility index (Phi) is 6.94. The van der Waals surface area contributed by atoms with Crippen LogP contribution in [0.5, 0.6) is 0 Å². The number of carbonyl (C=O) groups excluding carboxylic acids is 2. The lowest BCUT2D eigenvalue weighted by Crippen LogP contribution is -2.39. The van der Waals surface area contributed by atoms with Crippen LogP contribution in [0.1, 0.15) is 43.1 Å². The summed E-state index contributed by atoms with van der Waals surface area (Å²) in [6.45, 7) is 8.59. The minimum atomic E-state index is -0.151. The zero-order chi connectivity index (χ0) is 21.9. The van der Waals surface area contributed by atoms with Gasteiger partial charge in [-0.1, -0.05) is 56.1 Å². The summed E-state index contributed by atoms with van der Waals surface area (Å²) < 4.78 is 0. The highest BCUT2D eigenvalue weighted by Gasteiger charge is 2.23. The van der Waals surface area contributed by atoms with E-state index in [2.05, 4.69) is 26.1 Å². The minimum Gasteiger partial charge on any atom is -0.337 e. The fourth-order valence-electron chi connectivity index (χ4n) is 3.39. The molecule has 2 aromatic rings. The molecule has 30 heavy (non-hydrogen) atoms. The number of anilines is 1. The molecule has 1 aliphatic heterocycles. The summed E-state index contributed by atoms with van der Waals surface area (Å²) in [6, 6.07) is 12.7. The number of hydrogen-bond acceptors (Lipinski definition) is 2. The molecule has 0 bridgehead atoms. The first-order valence-corrected chi connectivity index (χ1v) is 10.8. The van der Waals surface area contributed by atoms with Crippen LogP contribution in [-0.4, -0.2) is 47.9 Å². The van der Waals surface area contributed by atoms with Crippen molar-refractivity contribution in [1.82, 2.24) is 9.80 Å². The molecule has 1 N–H and O–H groups in total. The Labute approximate surface area is 187 Å². The summed E-state index contributed by atoms with van der Waals surface area (Å²) in [7, 11) is 0. The predicted octanol–water partition coefficient (Wildman–Crippen LogP) is 5.67. The molecule has 3 amide bonds. The number of benzene rings is 2. The third-order valence-electron chi connectivity index (χ3n) is 5.24. The number of halogens is 2. The number of rotatable bonds is 2. The lowest BCUT2D eigenvalue weighted by molar-refractivity contribution is 0.0762. The van der Waals surface area contributed by atoms with E-state index in [0.717, 1.165) is 5.69 Å². The van der Waals surface area contributed by atoms with E-state index in [4.69, 9.17) is 23.2 Å². The number of urea groups is 1. The first-order valence-electron chi connectivity index (χ1n) is 10.1. The molecule has 160 valence electrons. The molecule has 5 nitrogen and oxygen atoms in total. The monoisotopic (exact) mass is 447 g/mol. The SMILES string of the molecule is CC(C)(C)c1ccc(NC(=O)N2CCCN(C(=O)c3ccc(Cl)c(Cl)c3)CC2)cc1. The van der Waals surface area contributed by atoms with Gasteiger partial charge in [-0.25, -0.2) is 4.79 Å². The molecule has 1 heterocycles. The van der Waals surface area contributed by atoms with Gasteiger partial charge in [0.1, 0.15) is 0 Å². The van der Waals surface area contributed by atoms with Crippen LogP contribution in [0, 0.1) is 0 Å². The highest BCUT2D eigenvalue weighted by molar-refractivity contribution is 6.42. The van der Waals surface area contributed by atoms with Gasteiger partial charge in [0.05, 0.1) is 10.0 Å². The van der Waals surface area contributed by atoms with Crippen LogP contribution in [0.3, 0.4) is 0 Å². The molecule has 0 saturated carbocycles. The zero-order valence-electron chi connectivity index (χ0n) is 17.5. The summed E-state index contributed by atoms with van der Waals surface area (Å²) in [5.41, 5.74) is 2.55. The molecule has 0 atom stereocenters. The third kappa shape index (κ3) is 5.46. The van der Waals surface area contributed by atoms with Gasteiger partial charge >= 0.3 is 6.03 Å². The average Bonchev–Trinajstić information content (AvgIpc) is 2.95. The standard InChI is InChI=1S/C23H27Cl2N3O2/c1-23(2,3)17-6-8-18(9-7-17)26-22(30)28-12-4-11-27(13-14-28)21(29)16-5-10-19(24)20(25)15-16/h5-10,15H,4,11-14H2,1-3H3,(H,26,30). The predicted molar refractivity (Wildman–Crippen MR) is 123 cm³/mol. The van der Waals surface area contributed by atoms with Crippen LogP contribution >= 0.6 is 23.2 Å². The smallest absolute Gasteiger partial charge is 0.321 e. The minimum absolute atomic E-state index is 0.0671. The van der Waals surface area contributed by atoms with Gasteiger partial charge in [-0.3, -0.25) is 4.79 Å². The molecule has 1 saturated heterocycles. The van der Waals surface area contributed by atoms with Gasteiger partial charge in [-0.15, -0.1) is 0 Å². The van der Waals surface area contributed by atoms with Crippen molar-refractivity contribution >= 4 is 40.8 Å². The lowest BCUT2D eigenvalue weighted by atomic mass is 9.87. The molecule has 1 aliphatic rings. The van der Waals surface area contributed by atoms with E-state index in [1.165, 1.54) is 5.56 Å². The molecule has 0 aromatic heterocycles. The highest BCUT2D eigenvalue weighted by Crippen LogP contribution is 2.25. The summed E-state index contributed by atoms with van der Waals surface area (Å²) in [6.07, 6.45) is 0.712. The average molecular weight is 448 g/mol. The summed E-state index contributed by atoms with van der Waals surface area (Å²) in [5, 5.41) is 3.74. The van der Waals surface area contributed by atoms with Crippen molar-refractivity contribution in [2.24, 2.45) is 0 Å². The largest absolute Gasteiger partial charge is 0.337 e. The quantitative estimate of drug-likeness (QED) is 0.644. The summed E-state index contributed by atoms with van der Waals surface area (Å²) in [4.78, 5) is 29.0. The first kappa shape index (κ1) is 22.4. The lowest BCUT2D eigenvalue weighted by Gasteiger charge is -2.23. The van der Waals surface area contributed by atoms with E-state index in [1.807, 2.05) is 24.3 Å². The summed E-state index contributed by atoms with van der Waals surface area (Å²) >= 11 is 12.0. The van der Waals surface area contributed by atoms with E-state index >= 15 is 0 Å². The Hall–Kier alpha value is -2.24. The molecule has 3 rings (SSSR count). The molecule has 1 fully saturated rings. The fourth-order valence-corrected chi connectivity index (χ4v) is 3.69. The Morgan fingerprint density at radius 2 is 1.50 bits per heavy atom. The number of carbonyl (C=O) groups is 2. The van der Waals surface area contributed by atoms with Crippen molar-refractivity contribution in [3.8, 4) is 0 Å². The molecule has 0 spiro atoms. The van der Waals surface area contributed by atoms with Crippen molar-refractivity contribution in [1.29, 1.82) is 0 Å². The van der Waals surface area contributed by atoms with Crippen molar-refractivity contribution in [2.75, 3.05) is 31.5 Å². The second-order valence-corrected chi connectivity index (χ2v) is 9.33. The first-order chi connectivity index (χ1) is 14.1. The molecule has 7 heteroatoms. The second kappa shape index (κ2) is 9.27. The van der Waals surface area contributed by atoms with Gasteiger partial charge in [0.15, 0.2) is 0 Å². The van der Waals surface area contributed by atoms with E-state index in [-0.39, 0.29) is 17.4 Å². The van der Waals surface area contributed by atoms with Crippen LogP contribution in [0.4, 0.5) is 10.5 Å². The van der Waals surface area contributed by atoms with E-state index in [9.17, 15) is 9.59 Å². The maximum atomic E-state index is 12.8. The fraction of sp³-hybridized carbons (Fsp3) is 0.391. The van der Waals surface area contributed by atoms with Crippen LogP contribution in [-0.2, 0) is 5.41 Å². The van der Waals surface area contributed by atoms with Crippen molar-refractivity contribution in [3.63, 3.8) is 0 Å². The van der Waals surface area contributed by atoms with Crippen molar-refractivity contribution < 1.29 is 9.59 Å². The molecule has 2 aromatic carbocycles. The maximum absolute atomic E-state index is 12.8. The van der Waals surface area contributed by atoms with Crippen LogP contribution in [0.25, 0.3) is 0 Å². The Balaban J connectivity index is 1.59. The van der Waals surface area contributed by atoms with E-state index < -0.39 is 0 Å². The van der Waals surface area contributed by atoms with Gasteiger partial charge in [0.25, 0.3) is 5.91 Å². The Morgan fingerprint density at radius 3 is 2.13 bits per heavy atom. The molecular weight excluding hydrogens is 421 g/mol. The number of hydrogen-bond donors (Lipinski definition) is 1. The van der Waals surface area contributed by atoms with Gasteiger partial charge in [-0.05, 0) is 47.7 Å². The molecular formula is C23H27Cl2N3O2. The van der Waals surface area contributed by atoms with Gasteiger partial charge in [0, 0.05) is 37.4 Å². The zero-order valence-corrected chi connectivity index (χ0v) is 19.1. The summed E-state index contributed by atoms with van der Waals surface area (Å²) in [5.74, 6) is -0.103. The molecule has 0 aliphatic carbocycles. The number of amides is 3. The molecule has 0 radical (unpaired) electrons. The number of nitrogens with zero attached hydrogens (tertiary/aromatic N) is 2.